The van der Waals surface area contributed by atoms with E-state index >= 15 is 0 Å². The summed E-state index contributed by atoms with van der Waals surface area (Å²) < 4.78 is 21.3. The van der Waals surface area contributed by atoms with Crippen LogP contribution in [0.15, 0.2) is 42.5 Å². The zero-order valence-corrected chi connectivity index (χ0v) is 15.9. The molecule has 0 N–H and O–H groups in total. The average Bonchev–Trinajstić information content (AvgIpc) is 2.70. The lowest BCUT2D eigenvalue weighted by atomic mass is 9.96. The number of hydrogen-bond donors (Lipinski definition) is 0. The minimum absolute atomic E-state index is 0.340. The molecular formula is C22H22O5. The van der Waals surface area contributed by atoms with E-state index in [2.05, 4.69) is 0 Å². The van der Waals surface area contributed by atoms with Crippen LogP contribution in [0.2, 0.25) is 0 Å². The van der Waals surface area contributed by atoms with Gasteiger partial charge in [-0.05, 0) is 70.4 Å². The van der Waals surface area contributed by atoms with E-state index in [4.69, 9.17) is 18.9 Å². The Hall–Kier alpha value is -3.21. The minimum Gasteiger partial charge on any atom is -0.497 e. The second-order valence-corrected chi connectivity index (χ2v) is 5.89. The molecule has 5 heteroatoms. The molecule has 3 aromatic rings. The van der Waals surface area contributed by atoms with Gasteiger partial charge >= 0.3 is 5.97 Å². The Bertz CT molecular complexity index is 1020. The molecule has 3 aromatic carbocycles. The standard InChI is InChI=1S/C22H22O5/c1-5-27-22(23)9-7-15-10-14-6-8-16(24-2)11-17(14)19-13-21(26-4)20(25-3)12-18(15)19/h6-13H,5H2,1-4H3/b9-7+. The van der Waals surface area contributed by atoms with Gasteiger partial charge in [0, 0.05) is 6.08 Å². The van der Waals surface area contributed by atoms with Crippen molar-refractivity contribution in [2.24, 2.45) is 0 Å². The summed E-state index contributed by atoms with van der Waals surface area (Å²) in [7, 11) is 4.85. The molecule has 0 fully saturated rings. The number of hydrogen-bond acceptors (Lipinski definition) is 5. The quantitative estimate of drug-likeness (QED) is 0.363. The van der Waals surface area contributed by atoms with E-state index in [1.807, 2.05) is 36.4 Å². The molecule has 0 bridgehead atoms. The van der Waals surface area contributed by atoms with Gasteiger partial charge in [0.2, 0.25) is 0 Å². The molecule has 0 aliphatic heterocycles. The first-order valence-corrected chi connectivity index (χ1v) is 8.62. The van der Waals surface area contributed by atoms with E-state index < -0.39 is 0 Å². The number of carbonyl (C=O) groups is 1. The van der Waals surface area contributed by atoms with Gasteiger partial charge in [-0.3, -0.25) is 0 Å². The molecule has 3 rings (SSSR count). The van der Waals surface area contributed by atoms with Crippen LogP contribution in [0.1, 0.15) is 12.5 Å². The molecule has 0 atom stereocenters. The fourth-order valence-corrected chi connectivity index (χ4v) is 3.09. The van der Waals surface area contributed by atoms with Crippen molar-refractivity contribution in [2.75, 3.05) is 27.9 Å². The van der Waals surface area contributed by atoms with Gasteiger partial charge in [0.15, 0.2) is 11.5 Å². The Balaban J connectivity index is 2.31. The van der Waals surface area contributed by atoms with E-state index in [0.29, 0.717) is 18.1 Å². The van der Waals surface area contributed by atoms with Gasteiger partial charge in [0.1, 0.15) is 5.75 Å². The van der Waals surface area contributed by atoms with E-state index in [9.17, 15) is 4.79 Å². The molecule has 0 amide bonds. The van der Waals surface area contributed by atoms with Crippen LogP contribution in [0, 0.1) is 0 Å². The molecule has 0 spiro atoms. The molecule has 0 saturated carbocycles. The smallest absolute Gasteiger partial charge is 0.330 e. The summed E-state index contributed by atoms with van der Waals surface area (Å²) in [6.45, 7) is 2.12. The summed E-state index contributed by atoms with van der Waals surface area (Å²) in [4.78, 5) is 11.8. The maximum absolute atomic E-state index is 11.8. The van der Waals surface area contributed by atoms with Crippen molar-refractivity contribution < 1.29 is 23.7 Å². The second kappa shape index (κ2) is 7.99. The number of rotatable bonds is 6. The van der Waals surface area contributed by atoms with Crippen LogP contribution in [-0.2, 0) is 9.53 Å². The highest BCUT2D eigenvalue weighted by atomic mass is 16.5. The Morgan fingerprint density at radius 1 is 0.889 bits per heavy atom. The van der Waals surface area contributed by atoms with Crippen LogP contribution in [0.25, 0.3) is 27.6 Å². The average molecular weight is 366 g/mol. The summed E-state index contributed by atoms with van der Waals surface area (Å²) in [6, 6.07) is 11.8. The van der Waals surface area contributed by atoms with Crippen molar-refractivity contribution in [3.05, 3.63) is 48.0 Å². The molecule has 0 heterocycles. The molecular weight excluding hydrogens is 344 g/mol. The number of fused-ring (bicyclic) bond motifs is 3. The summed E-state index contributed by atoms with van der Waals surface area (Å²) in [5.74, 6) is 1.66. The highest BCUT2D eigenvalue weighted by Crippen LogP contribution is 2.39. The third-order valence-electron chi connectivity index (χ3n) is 4.38. The molecule has 27 heavy (non-hydrogen) atoms. The van der Waals surface area contributed by atoms with Crippen molar-refractivity contribution in [1.29, 1.82) is 0 Å². The number of ether oxygens (including phenoxy) is 4. The highest BCUT2D eigenvalue weighted by Gasteiger charge is 2.12. The molecule has 140 valence electrons. The second-order valence-electron chi connectivity index (χ2n) is 5.89. The van der Waals surface area contributed by atoms with Crippen molar-refractivity contribution >= 4 is 33.6 Å². The molecule has 0 unspecified atom stereocenters. The maximum atomic E-state index is 11.8. The van der Waals surface area contributed by atoms with Gasteiger partial charge in [-0.25, -0.2) is 4.79 Å². The third-order valence-corrected chi connectivity index (χ3v) is 4.38. The first kappa shape index (κ1) is 18.6. The van der Waals surface area contributed by atoms with Crippen LogP contribution < -0.4 is 14.2 Å². The maximum Gasteiger partial charge on any atom is 0.330 e. The summed E-state index contributed by atoms with van der Waals surface area (Å²) in [5.41, 5.74) is 0.886. The molecule has 5 nitrogen and oxygen atoms in total. The van der Waals surface area contributed by atoms with Gasteiger partial charge in [0.25, 0.3) is 0 Å². The predicted molar refractivity (Wildman–Crippen MR) is 107 cm³/mol. The van der Waals surface area contributed by atoms with Crippen molar-refractivity contribution in [3.8, 4) is 17.2 Å². The lowest BCUT2D eigenvalue weighted by molar-refractivity contribution is -0.137. The van der Waals surface area contributed by atoms with Crippen LogP contribution >= 0.6 is 0 Å². The fourth-order valence-electron chi connectivity index (χ4n) is 3.09. The van der Waals surface area contributed by atoms with Crippen molar-refractivity contribution in [2.45, 2.75) is 6.92 Å². The molecule has 0 saturated heterocycles. The Morgan fingerprint density at radius 2 is 1.59 bits per heavy atom. The van der Waals surface area contributed by atoms with Crippen LogP contribution in [0.4, 0.5) is 0 Å². The largest absolute Gasteiger partial charge is 0.497 e. The number of esters is 1. The van der Waals surface area contributed by atoms with Crippen LogP contribution in [-0.4, -0.2) is 33.9 Å². The Morgan fingerprint density at radius 3 is 2.22 bits per heavy atom. The van der Waals surface area contributed by atoms with Gasteiger partial charge in [-0.1, -0.05) is 6.07 Å². The first-order chi connectivity index (χ1) is 13.1. The van der Waals surface area contributed by atoms with Gasteiger partial charge in [-0.15, -0.1) is 0 Å². The van der Waals surface area contributed by atoms with Crippen molar-refractivity contribution in [1.82, 2.24) is 0 Å². The molecule has 0 aromatic heterocycles. The van der Waals surface area contributed by atoms with Crippen molar-refractivity contribution in [3.63, 3.8) is 0 Å². The van der Waals surface area contributed by atoms with E-state index in [-0.39, 0.29) is 5.97 Å². The first-order valence-electron chi connectivity index (χ1n) is 8.62. The van der Waals surface area contributed by atoms with E-state index in [1.54, 1.807) is 34.3 Å². The normalized spacial score (nSPS) is 11.1. The Kier molecular flexibility index (Phi) is 5.50. The topological polar surface area (TPSA) is 54.0 Å². The van der Waals surface area contributed by atoms with Crippen LogP contribution in [0.3, 0.4) is 0 Å². The zero-order valence-electron chi connectivity index (χ0n) is 15.9. The third kappa shape index (κ3) is 3.67. The number of methoxy groups -OCH3 is 3. The highest BCUT2D eigenvalue weighted by molar-refractivity contribution is 6.12. The molecule has 0 aliphatic carbocycles. The monoisotopic (exact) mass is 366 g/mol. The lowest BCUT2D eigenvalue weighted by Crippen LogP contribution is -1.98. The molecule has 0 radical (unpaired) electrons. The lowest BCUT2D eigenvalue weighted by Gasteiger charge is -2.14. The Labute approximate surface area is 158 Å². The zero-order chi connectivity index (χ0) is 19.4. The summed E-state index contributed by atoms with van der Waals surface area (Å²) in [6.07, 6.45) is 3.19. The summed E-state index contributed by atoms with van der Waals surface area (Å²) >= 11 is 0. The van der Waals surface area contributed by atoms with Gasteiger partial charge in [0.05, 0.1) is 27.9 Å². The summed E-state index contributed by atoms with van der Waals surface area (Å²) in [5, 5.41) is 3.97. The van der Waals surface area contributed by atoms with E-state index in [1.165, 1.54) is 6.08 Å². The predicted octanol–water partition coefficient (Wildman–Crippen LogP) is 4.60. The number of carbonyl (C=O) groups excluding carboxylic acids is 1. The SMILES string of the molecule is CCOC(=O)/C=C/c1cc2ccc(OC)cc2c2cc(OC)c(OC)cc12. The fraction of sp³-hybridized carbons (Fsp3) is 0.227. The van der Waals surface area contributed by atoms with Gasteiger partial charge in [-0.2, -0.15) is 0 Å². The van der Waals surface area contributed by atoms with Crippen LogP contribution in [0.5, 0.6) is 17.2 Å². The minimum atomic E-state index is -0.374. The van der Waals surface area contributed by atoms with Gasteiger partial charge < -0.3 is 18.9 Å². The molecule has 0 aliphatic rings. The van der Waals surface area contributed by atoms with E-state index in [0.717, 1.165) is 32.9 Å². The number of benzene rings is 3.